The Labute approximate surface area is 184 Å². The van der Waals surface area contributed by atoms with Crippen LogP contribution in [0.3, 0.4) is 0 Å². The fourth-order valence-corrected chi connectivity index (χ4v) is 4.90. The number of nitrogens with zero attached hydrogens (tertiary/aromatic N) is 4. The summed E-state index contributed by atoms with van der Waals surface area (Å²) in [6.45, 7) is -2.06. The zero-order valence-corrected chi connectivity index (χ0v) is 17.6. The third-order valence-corrected chi connectivity index (χ3v) is 6.28. The first kappa shape index (κ1) is 20.6. The Morgan fingerprint density at radius 3 is 3.03 bits per heavy atom. The molecule has 32 heavy (non-hydrogen) atoms. The third-order valence-electron chi connectivity index (χ3n) is 5.16. The Balaban J connectivity index is 1.43. The highest BCUT2D eigenvalue weighted by atomic mass is 32.1. The Morgan fingerprint density at radius 1 is 1.34 bits per heavy atom. The number of urea groups is 1. The third kappa shape index (κ3) is 3.84. The van der Waals surface area contributed by atoms with E-state index in [2.05, 4.69) is 30.6 Å². The van der Waals surface area contributed by atoms with Crippen molar-refractivity contribution in [2.24, 2.45) is 0 Å². The summed E-state index contributed by atoms with van der Waals surface area (Å²) in [6, 6.07) is 5.79. The summed E-state index contributed by atoms with van der Waals surface area (Å²) in [5.74, 6) is 0.196. The van der Waals surface area contributed by atoms with Gasteiger partial charge in [0, 0.05) is 19.0 Å². The van der Waals surface area contributed by atoms with E-state index in [1.165, 1.54) is 30.5 Å². The number of aromatic nitrogens is 3. The molecule has 0 radical (unpaired) electrons. The van der Waals surface area contributed by atoms with Crippen LogP contribution in [-0.4, -0.2) is 54.1 Å². The van der Waals surface area contributed by atoms with Crippen LogP contribution in [0.1, 0.15) is 16.6 Å². The summed E-state index contributed by atoms with van der Waals surface area (Å²) in [7, 11) is 1.54. The summed E-state index contributed by atoms with van der Waals surface area (Å²) in [6.07, 6.45) is 0.590. The lowest BCUT2D eigenvalue weighted by atomic mass is 9.97. The van der Waals surface area contributed by atoms with E-state index in [-0.39, 0.29) is 29.8 Å². The molecule has 0 spiro atoms. The normalized spacial score (nSPS) is 19.6. The standard InChI is InChI=1S/C19H18F2N6O4S/c1-22-17(28)24-18-23-12-6-10-7-29-8-13(14(12)32-18)27(10)19-26-25-15(31-19)9-3-2-4-11(5-9)30-16(20)21/h2-5,10,13,16H,6-8H2,1H3,(H2,22,23,24,28)/t10-,13-/m0/s1. The molecule has 4 heterocycles. The number of carbonyl (C=O) groups is 1. The number of thiazole rings is 1. The predicted molar refractivity (Wildman–Crippen MR) is 110 cm³/mol. The van der Waals surface area contributed by atoms with Crippen molar-refractivity contribution in [3.8, 4) is 17.2 Å². The topological polar surface area (TPSA) is 115 Å². The maximum absolute atomic E-state index is 12.5. The van der Waals surface area contributed by atoms with Gasteiger partial charge in [0.1, 0.15) is 5.75 Å². The van der Waals surface area contributed by atoms with Gasteiger partial charge in [-0.25, -0.2) is 9.78 Å². The van der Waals surface area contributed by atoms with E-state index in [9.17, 15) is 13.6 Å². The van der Waals surface area contributed by atoms with Crippen molar-refractivity contribution in [1.82, 2.24) is 20.5 Å². The number of amides is 2. The fourth-order valence-electron chi connectivity index (χ4n) is 3.83. The van der Waals surface area contributed by atoms with Gasteiger partial charge in [0.25, 0.3) is 0 Å². The molecule has 0 aliphatic carbocycles. The van der Waals surface area contributed by atoms with Crippen LogP contribution in [0.15, 0.2) is 28.7 Å². The number of morpholine rings is 1. The van der Waals surface area contributed by atoms with Crippen LogP contribution in [0, 0.1) is 0 Å². The average molecular weight is 464 g/mol. The molecule has 2 atom stereocenters. The van der Waals surface area contributed by atoms with Gasteiger partial charge in [0.2, 0.25) is 5.89 Å². The maximum Gasteiger partial charge on any atom is 0.387 e. The van der Waals surface area contributed by atoms with Crippen molar-refractivity contribution < 1.29 is 27.5 Å². The van der Waals surface area contributed by atoms with Crippen LogP contribution in [0.4, 0.5) is 24.7 Å². The predicted octanol–water partition coefficient (Wildman–Crippen LogP) is 3.05. The van der Waals surface area contributed by atoms with E-state index < -0.39 is 6.61 Å². The van der Waals surface area contributed by atoms with Crippen LogP contribution < -0.4 is 20.3 Å². The number of nitrogens with one attached hydrogen (secondary N) is 2. The van der Waals surface area contributed by atoms with E-state index in [1.807, 2.05) is 4.90 Å². The number of hydrogen-bond acceptors (Lipinski definition) is 9. The molecule has 10 nitrogen and oxygen atoms in total. The first-order chi connectivity index (χ1) is 15.5. The number of alkyl halides is 2. The second kappa shape index (κ2) is 8.31. The summed E-state index contributed by atoms with van der Waals surface area (Å²) in [5, 5.41) is 14.0. The van der Waals surface area contributed by atoms with Crippen molar-refractivity contribution in [1.29, 1.82) is 0 Å². The first-order valence-corrected chi connectivity index (χ1v) is 10.6. The lowest BCUT2D eigenvalue weighted by Gasteiger charge is -2.43. The molecule has 2 bridgehead atoms. The molecule has 1 saturated heterocycles. The average Bonchev–Trinajstić information content (AvgIpc) is 3.40. The summed E-state index contributed by atoms with van der Waals surface area (Å²) in [5.41, 5.74) is 1.38. The van der Waals surface area contributed by atoms with Crippen molar-refractivity contribution in [2.45, 2.75) is 25.1 Å². The molecule has 0 saturated carbocycles. The number of benzene rings is 1. The minimum atomic E-state index is -2.92. The van der Waals surface area contributed by atoms with Gasteiger partial charge in [-0.1, -0.05) is 22.5 Å². The van der Waals surface area contributed by atoms with E-state index >= 15 is 0 Å². The van der Waals surface area contributed by atoms with Crippen LogP contribution >= 0.6 is 11.3 Å². The number of anilines is 2. The quantitative estimate of drug-likeness (QED) is 0.592. The molecule has 2 aliphatic heterocycles. The smallest absolute Gasteiger partial charge is 0.387 e. The molecule has 2 aromatic heterocycles. The number of hydrogen-bond donors (Lipinski definition) is 2. The lowest BCUT2D eigenvalue weighted by molar-refractivity contribution is -0.0498. The van der Waals surface area contributed by atoms with E-state index in [1.54, 1.807) is 12.1 Å². The Kier molecular flexibility index (Phi) is 5.35. The van der Waals surface area contributed by atoms with E-state index in [0.29, 0.717) is 36.3 Å². The number of ether oxygens (including phenoxy) is 2. The maximum atomic E-state index is 12.5. The molecule has 3 aromatic rings. The second-order valence-corrected chi connectivity index (χ2v) is 8.18. The lowest BCUT2D eigenvalue weighted by Crippen LogP contribution is -2.51. The van der Waals surface area contributed by atoms with Crippen LogP contribution in [0.2, 0.25) is 0 Å². The molecule has 2 aliphatic rings. The molecule has 168 valence electrons. The highest BCUT2D eigenvalue weighted by Crippen LogP contribution is 2.43. The van der Waals surface area contributed by atoms with Crippen molar-refractivity contribution >= 4 is 28.5 Å². The number of rotatable bonds is 5. The van der Waals surface area contributed by atoms with Gasteiger partial charge in [-0.15, -0.1) is 5.10 Å². The molecular weight excluding hydrogens is 446 g/mol. The molecule has 0 unspecified atom stereocenters. The van der Waals surface area contributed by atoms with Gasteiger partial charge in [-0.3, -0.25) is 5.32 Å². The van der Waals surface area contributed by atoms with Crippen LogP contribution in [-0.2, 0) is 11.2 Å². The Bertz CT molecular complexity index is 1140. The number of carbonyl (C=O) groups excluding carboxylic acids is 1. The Morgan fingerprint density at radius 2 is 2.22 bits per heavy atom. The highest BCUT2D eigenvalue weighted by Gasteiger charge is 2.43. The fraction of sp³-hybridized carbons (Fsp3) is 0.368. The van der Waals surface area contributed by atoms with Gasteiger partial charge in [0.15, 0.2) is 5.13 Å². The molecule has 5 rings (SSSR count). The highest BCUT2D eigenvalue weighted by molar-refractivity contribution is 7.16. The summed E-state index contributed by atoms with van der Waals surface area (Å²) < 4.78 is 41.2. The first-order valence-electron chi connectivity index (χ1n) is 9.75. The van der Waals surface area contributed by atoms with Gasteiger partial charge >= 0.3 is 18.7 Å². The minimum Gasteiger partial charge on any atom is -0.435 e. The van der Waals surface area contributed by atoms with E-state index in [4.69, 9.17) is 9.15 Å². The molecule has 13 heteroatoms. The summed E-state index contributed by atoms with van der Waals surface area (Å²) in [4.78, 5) is 19.2. The van der Waals surface area contributed by atoms with Gasteiger partial charge in [-0.2, -0.15) is 8.78 Å². The summed E-state index contributed by atoms with van der Waals surface area (Å²) >= 11 is 1.37. The van der Waals surface area contributed by atoms with Crippen molar-refractivity contribution in [3.63, 3.8) is 0 Å². The van der Waals surface area contributed by atoms with Gasteiger partial charge < -0.3 is 24.1 Å². The van der Waals surface area contributed by atoms with Crippen molar-refractivity contribution in [2.75, 3.05) is 30.5 Å². The molecule has 1 fully saturated rings. The number of halogens is 2. The largest absolute Gasteiger partial charge is 0.435 e. The monoisotopic (exact) mass is 464 g/mol. The minimum absolute atomic E-state index is 0.00550. The molecule has 2 amide bonds. The molecule has 2 N–H and O–H groups in total. The zero-order valence-electron chi connectivity index (χ0n) is 16.7. The molecular formula is C19H18F2N6O4S. The van der Waals surface area contributed by atoms with Crippen molar-refractivity contribution in [3.05, 3.63) is 34.8 Å². The SMILES string of the molecule is CNC(=O)Nc1nc2c(s1)[C@@H]1COC[C@H](C2)N1c1nnc(-c2cccc(OC(F)F)c2)o1. The Hall–Kier alpha value is -3.32. The zero-order chi connectivity index (χ0) is 22.2. The number of fused-ring (bicyclic) bond motifs is 4. The molecule has 1 aromatic carbocycles. The van der Waals surface area contributed by atoms with Gasteiger partial charge in [-0.05, 0) is 18.2 Å². The van der Waals surface area contributed by atoms with E-state index in [0.717, 1.165) is 10.6 Å². The van der Waals surface area contributed by atoms with Crippen LogP contribution in [0.5, 0.6) is 5.75 Å². The van der Waals surface area contributed by atoms with Gasteiger partial charge in [0.05, 0.1) is 35.9 Å². The second-order valence-electron chi connectivity index (χ2n) is 7.15. The van der Waals surface area contributed by atoms with Crippen LogP contribution in [0.25, 0.3) is 11.5 Å².